The van der Waals surface area contributed by atoms with E-state index < -0.39 is 23.8 Å². The van der Waals surface area contributed by atoms with E-state index in [2.05, 4.69) is 5.32 Å². The number of alkyl halides is 3. The van der Waals surface area contributed by atoms with E-state index in [0.29, 0.717) is 23.6 Å². The van der Waals surface area contributed by atoms with Gasteiger partial charge in [0.25, 0.3) is 0 Å². The third-order valence-corrected chi connectivity index (χ3v) is 4.22. The van der Waals surface area contributed by atoms with Crippen LogP contribution < -0.4 is 44.7 Å². The van der Waals surface area contributed by atoms with Gasteiger partial charge in [-0.15, -0.1) is 0 Å². The van der Waals surface area contributed by atoms with E-state index in [4.69, 9.17) is 16.3 Å². The molecule has 2 aliphatic rings. The normalized spacial score (nSPS) is 22.3. The monoisotopic (exact) mass is 381 g/mol. The molecule has 1 aromatic carbocycles. The third kappa shape index (κ3) is 4.23. The van der Waals surface area contributed by atoms with E-state index in [1.54, 1.807) is 0 Å². The molecule has 128 valence electrons. The quantitative estimate of drug-likeness (QED) is 0.548. The van der Waals surface area contributed by atoms with Crippen molar-refractivity contribution in [3.05, 3.63) is 46.0 Å². The molecule has 25 heavy (non-hydrogen) atoms. The molecule has 9 heteroatoms. The maximum atomic E-state index is 13.1. The van der Waals surface area contributed by atoms with Gasteiger partial charge >= 0.3 is 35.7 Å². The van der Waals surface area contributed by atoms with E-state index in [1.807, 2.05) is 12.2 Å². The van der Waals surface area contributed by atoms with Crippen LogP contribution in [0.5, 0.6) is 5.75 Å². The molecule has 2 heterocycles. The summed E-state index contributed by atoms with van der Waals surface area (Å²) in [6, 6.07) is 2.68. The summed E-state index contributed by atoms with van der Waals surface area (Å²) in [5, 5.41) is 14.5. The fourth-order valence-corrected chi connectivity index (χ4v) is 3.06. The molecule has 0 spiro atoms. The van der Waals surface area contributed by atoms with Crippen LogP contribution in [0.15, 0.2) is 29.9 Å². The van der Waals surface area contributed by atoms with Gasteiger partial charge in [0, 0.05) is 28.7 Å². The average molecular weight is 382 g/mol. The summed E-state index contributed by atoms with van der Waals surface area (Å²) < 4.78 is 44.2. The molecule has 0 aromatic heterocycles. The van der Waals surface area contributed by atoms with Gasteiger partial charge in [-0.3, -0.25) is 0 Å². The molecular formula is C16H12ClF3NNaO3. The molecule has 2 aliphatic heterocycles. The predicted octanol–water partition coefficient (Wildman–Crippen LogP) is -0.609. The number of benzene rings is 1. The zero-order chi connectivity index (χ0) is 17.5. The summed E-state index contributed by atoms with van der Waals surface area (Å²) >= 11 is 6.21. The second kappa shape index (κ2) is 7.72. The van der Waals surface area contributed by atoms with Crippen molar-refractivity contribution in [3.8, 4) is 5.75 Å². The molecule has 0 aliphatic carbocycles. The number of halogens is 4. The first-order valence-electron chi connectivity index (χ1n) is 7.15. The van der Waals surface area contributed by atoms with Gasteiger partial charge in [0.15, 0.2) is 0 Å². The van der Waals surface area contributed by atoms with E-state index >= 15 is 0 Å². The van der Waals surface area contributed by atoms with Crippen LogP contribution >= 0.6 is 11.6 Å². The Balaban J connectivity index is 0.00000225. The van der Waals surface area contributed by atoms with Crippen molar-refractivity contribution in [2.45, 2.75) is 24.7 Å². The fourth-order valence-electron chi connectivity index (χ4n) is 2.76. The maximum absolute atomic E-state index is 13.1. The van der Waals surface area contributed by atoms with Crippen LogP contribution in [-0.4, -0.2) is 24.8 Å². The van der Waals surface area contributed by atoms with Gasteiger partial charge in [-0.1, -0.05) is 23.8 Å². The smallest absolute Gasteiger partial charge is 0.545 e. The van der Waals surface area contributed by atoms with Gasteiger partial charge in [-0.2, -0.15) is 13.2 Å². The van der Waals surface area contributed by atoms with Gasteiger partial charge in [0.05, 0.1) is 5.97 Å². The Morgan fingerprint density at radius 3 is 2.60 bits per heavy atom. The number of carboxylic acids is 1. The van der Waals surface area contributed by atoms with E-state index in [0.717, 1.165) is 6.08 Å². The largest absolute Gasteiger partial charge is 1.00 e. The van der Waals surface area contributed by atoms with Crippen LogP contribution in [0.3, 0.4) is 0 Å². The van der Waals surface area contributed by atoms with Crippen molar-refractivity contribution < 1.29 is 57.4 Å². The molecule has 0 bridgehead atoms. The first-order valence-corrected chi connectivity index (χ1v) is 7.53. The second-order valence-corrected chi connectivity index (χ2v) is 5.91. The minimum Gasteiger partial charge on any atom is -0.545 e. The van der Waals surface area contributed by atoms with Gasteiger partial charge in [0.1, 0.15) is 5.75 Å². The molecule has 1 aromatic rings. The number of hydrogen-bond donors (Lipinski definition) is 1. The summed E-state index contributed by atoms with van der Waals surface area (Å²) in [7, 11) is 0. The van der Waals surface area contributed by atoms with Crippen LogP contribution in [-0.2, 0) is 4.79 Å². The Morgan fingerprint density at radius 2 is 2.04 bits per heavy atom. The van der Waals surface area contributed by atoms with Crippen molar-refractivity contribution in [1.82, 2.24) is 5.32 Å². The van der Waals surface area contributed by atoms with E-state index in [-0.39, 0.29) is 46.9 Å². The van der Waals surface area contributed by atoms with Crippen molar-refractivity contribution in [1.29, 1.82) is 0 Å². The topological polar surface area (TPSA) is 61.4 Å². The number of carbonyl (C=O) groups is 1. The standard InChI is InChI=1S/C16H13ClF3NO3.Na/c17-11-6-8-5-10(15(22)23)14(16(18,19)20)24-13(8)7-9(11)12-3-1-2-4-21-12;/h1-2,5-7,12,14,21H,3-4H2,(H,22,23);/q;+1/p-1. The molecule has 1 N–H and O–H groups in total. The first-order chi connectivity index (χ1) is 11.3. The van der Waals surface area contributed by atoms with Gasteiger partial charge in [-0.25, -0.2) is 0 Å². The second-order valence-electron chi connectivity index (χ2n) is 5.51. The van der Waals surface area contributed by atoms with Crippen molar-refractivity contribution in [3.63, 3.8) is 0 Å². The minimum atomic E-state index is -4.87. The Labute approximate surface area is 169 Å². The molecule has 3 rings (SSSR count). The van der Waals surface area contributed by atoms with Crippen LogP contribution in [0.2, 0.25) is 5.02 Å². The first kappa shape index (κ1) is 20.3. The Hall–Kier alpha value is -0.990. The molecule has 4 nitrogen and oxygen atoms in total. The number of fused-ring (bicyclic) bond motifs is 1. The number of ether oxygens (including phenoxy) is 1. The molecular weight excluding hydrogens is 370 g/mol. The number of carbonyl (C=O) groups excluding carboxylic acids is 1. The molecule has 0 saturated carbocycles. The van der Waals surface area contributed by atoms with Crippen LogP contribution in [0, 0.1) is 0 Å². The zero-order valence-electron chi connectivity index (χ0n) is 13.2. The molecule has 0 radical (unpaired) electrons. The fraction of sp³-hybridized carbons (Fsp3) is 0.312. The number of aliphatic carboxylic acids is 1. The summed E-state index contributed by atoms with van der Waals surface area (Å²) in [6.07, 6.45) is -2.01. The summed E-state index contributed by atoms with van der Waals surface area (Å²) in [5.41, 5.74) is -0.196. The number of hydrogen-bond acceptors (Lipinski definition) is 4. The molecule has 2 atom stereocenters. The van der Waals surface area contributed by atoms with Crippen LogP contribution in [0.4, 0.5) is 13.2 Å². The van der Waals surface area contributed by atoms with Crippen molar-refractivity contribution >= 4 is 23.6 Å². The van der Waals surface area contributed by atoms with E-state index in [1.165, 1.54) is 12.1 Å². The van der Waals surface area contributed by atoms with Crippen molar-refractivity contribution in [2.24, 2.45) is 0 Å². The summed E-state index contributed by atoms with van der Waals surface area (Å²) in [6.45, 7) is 0.624. The molecule has 0 amide bonds. The third-order valence-electron chi connectivity index (χ3n) is 3.90. The summed E-state index contributed by atoms with van der Waals surface area (Å²) in [5.74, 6) is -1.99. The Morgan fingerprint density at radius 1 is 1.32 bits per heavy atom. The molecule has 0 saturated heterocycles. The van der Waals surface area contributed by atoms with Crippen LogP contribution in [0.1, 0.15) is 23.6 Å². The van der Waals surface area contributed by atoms with Gasteiger partial charge in [0.2, 0.25) is 6.10 Å². The Bertz CT molecular complexity index is 749. The SMILES string of the molecule is O=C([O-])C1=Cc2cc(Cl)c(C3CC=CCN3)cc2OC1C(F)(F)F.[Na+]. The summed E-state index contributed by atoms with van der Waals surface area (Å²) in [4.78, 5) is 11.0. The van der Waals surface area contributed by atoms with Crippen LogP contribution in [0.25, 0.3) is 6.08 Å². The predicted molar refractivity (Wildman–Crippen MR) is 79.4 cm³/mol. The molecule has 0 fully saturated rings. The minimum absolute atomic E-state index is 0. The van der Waals surface area contributed by atoms with Gasteiger partial charge in [-0.05, 0) is 30.2 Å². The van der Waals surface area contributed by atoms with Gasteiger partial charge < -0.3 is 20.0 Å². The van der Waals surface area contributed by atoms with Crippen molar-refractivity contribution in [2.75, 3.05) is 6.54 Å². The zero-order valence-corrected chi connectivity index (χ0v) is 15.9. The number of carboxylic acid groups (broad SMARTS) is 1. The Kier molecular flexibility index (Phi) is 6.27. The maximum Gasteiger partial charge on any atom is 1.00 e. The number of rotatable bonds is 2. The number of nitrogens with one attached hydrogen (secondary N) is 1. The van der Waals surface area contributed by atoms with E-state index in [9.17, 15) is 23.1 Å². The average Bonchev–Trinajstić information content (AvgIpc) is 2.53. The molecule has 2 unspecified atom stereocenters.